The van der Waals surface area contributed by atoms with Gasteiger partial charge in [0.2, 0.25) is 0 Å². The van der Waals surface area contributed by atoms with Crippen LogP contribution in [0.1, 0.15) is 13.3 Å². The second kappa shape index (κ2) is 5.13. The summed E-state index contributed by atoms with van der Waals surface area (Å²) in [4.78, 5) is 10.7. The summed E-state index contributed by atoms with van der Waals surface area (Å²) in [6, 6.07) is 1.66. The normalized spacial score (nSPS) is 13.6. The molecule has 0 saturated carbocycles. The number of carboxylic acids is 1. The number of nitrogens with one attached hydrogen (secondary N) is 1. The van der Waals surface area contributed by atoms with E-state index in [1.54, 1.807) is 6.92 Å². The molecule has 16 heavy (non-hydrogen) atoms. The van der Waals surface area contributed by atoms with Crippen molar-refractivity contribution in [3.05, 3.63) is 16.5 Å². The lowest BCUT2D eigenvalue weighted by Crippen LogP contribution is -2.39. The summed E-state index contributed by atoms with van der Waals surface area (Å²) in [5.74, 6) is -1.20. The van der Waals surface area contributed by atoms with Gasteiger partial charge in [-0.3, -0.25) is 4.79 Å². The fourth-order valence-corrected chi connectivity index (χ4v) is 3.77. The fourth-order valence-electron chi connectivity index (χ4n) is 0.996. The van der Waals surface area contributed by atoms with Crippen molar-refractivity contribution in [3.63, 3.8) is 0 Å². The zero-order chi connectivity index (χ0) is 12.3. The van der Waals surface area contributed by atoms with Crippen molar-refractivity contribution in [3.8, 4) is 0 Å². The van der Waals surface area contributed by atoms with Gasteiger partial charge in [-0.1, -0.05) is 18.5 Å². The molecular formula is C8H10ClNO4S2. The Morgan fingerprint density at radius 2 is 2.25 bits per heavy atom. The third kappa shape index (κ3) is 3.18. The molecule has 1 rings (SSSR count). The number of carbonyl (C=O) groups is 1. The summed E-state index contributed by atoms with van der Waals surface area (Å²) < 4.78 is 25.8. The molecule has 0 aromatic carbocycles. The maximum absolute atomic E-state index is 11.7. The number of rotatable bonds is 5. The van der Waals surface area contributed by atoms with E-state index in [-0.39, 0.29) is 10.6 Å². The average molecular weight is 284 g/mol. The molecule has 1 aromatic rings. The van der Waals surface area contributed by atoms with Crippen molar-refractivity contribution in [2.45, 2.75) is 23.6 Å². The molecule has 0 saturated heterocycles. The van der Waals surface area contributed by atoms with Gasteiger partial charge < -0.3 is 5.11 Å². The van der Waals surface area contributed by atoms with Gasteiger partial charge in [0.25, 0.3) is 10.0 Å². The summed E-state index contributed by atoms with van der Waals surface area (Å²) in [5, 5.41) is 8.74. The highest BCUT2D eigenvalue weighted by Crippen LogP contribution is 2.25. The maximum atomic E-state index is 11.7. The molecule has 0 aliphatic carbocycles. The minimum atomic E-state index is -3.79. The number of halogens is 1. The molecule has 0 spiro atoms. The van der Waals surface area contributed by atoms with Crippen LogP contribution < -0.4 is 4.72 Å². The summed E-state index contributed by atoms with van der Waals surface area (Å²) in [6.45, 7) is 1.59. The van der Waals surface area contributed by atoms with E-state index in [0.29, 0.717) is 4.34 Å². The number of carboxylic acid groups (broad SMARTS) is 1. The second-order valence-corrected chi connectivity index (χ2v) is 6.63. The lowest BCUT2D eigenvalue weighted by atomic mass is 10.2. The molecule has 1 atom stereocenters. The molecule has 90 valence electrons. The van der Waals surface area contributed by atoms with Crippen LogP contribution in [0.25, 0.3) is 0 Å². The van der Waals surface area contributed by atoms with E-state index in [9.17, 15) is 13.2 Å². The van der Waals surface area contributed by atoms with Crippen molar-refractivity contribution in [1.29, 1.82) is 0 Å². The summed E-state index contributed by atoms with van der Waals surface area (Å²) in [5.41, 5.74) is 0. The van der Waals surface area contributed by atoms with E-state index in [0.717, 1.165) is 11.3 Å². The van der Waals surface area contributed by atoms with Crippen molar-refractivity contribution >= 4 is 38.9 Å². The van der Waals surface area contributed by atoms with Crippen molar-refractivity contribution in [2.24, 2.45) is 0 Å². The van der Waals surface area contributed by atoms with E-state index in [4.69, 9.17) is 16.7 Å². The fraction of sp³-hybridized carbons (Fsp3) is 0.375. The molecular weight excluding hydrogens is 274 g/mol. The number of thiophene rings is 1. The molecule has 0 radical (unpaired) electrons. The molecule has 1 unspecified atom stereocenters. The van der Waals surface area contributed by atoms with Crippen LogP contribution in [0.4, 0.5) is 0 Å². The first kappa shape index (κ1) is 13.4. The maximum Gasteiger partial charge on any atom is 0.321 e. The van der Waals surface area contributed by atoms with E-state index < -0.39 is 22.0 Å². The Morgan fingerprint density at radius 3 is 2.62 bits per heavy atom. The molecule has 0 bridgehead atoms. The number of aliphatic carboxylic acids is 1. The van der Waals surface area contributed by atoms with Crippen LogP contribution in [0.15, 0.2) is 16.3 Å². The molecule has 1 aromatic heterocycles. The average Bonchev–Trinajstić information content (AvgIpc) is 2.61. The summed E-state index contributed by atoms with van der Waals surface area (Å²) in [7, 11) is -3.79. The first-order valence-corrected chi connectivity index (χ1v) is 7.05. The SMILES string of the molecule is CCC(NS(=O)(=O)c1ccc(Cl)s1)C(=O)O. The Bertz CT molecular complexity index is 482. The predicted molar refractivity (Wildman–Crippen MR) is 61.4 cm³/mol. The highest BCUT2D eigenvalue weighted by molar-refractivity contribution is 7.91. The quantitative estimate of drug-likeness (QED) is 0.859. The number of sulfonamides is 1. The summed E-state index contributed by atoms with van der Waals surface area (Å²) in [6.07, 6.45) is 0.174. The van der Waals surface area contributed by atoms with Crippen LogP contribution in [0.2, 0.25) is 4.34 Å². The first-order valence-electron chi connectivity index (χ1n) is 4.37. The Kier molecular flexibility index (Phi) is 4.31. The molecule has 0 fully saturated rings. The van der Waals surface area contributed by atoms with E-state index in [1.807, 2.05) is 0 Å². The van der Waals surface area contributed by atoms with Gasteiger partial charge in [0.15, 0.2) is 0 Å². The van der Waals surface area contributed by atoms with Gasteiger partial charge in [0.05, 0.1) is 4.34 Å². The van der Waals surface area contributed by atoms with Gasteiger partial charge in [-0.15, -0.1) is 11.3 Å². The lowest BCUT2D eigenvalue weighted by molar-refractivity contribution is -0.139. The number of hydrogen-bond donors (Lipinski definition) is 2. The van der Waals surface area contributed by atoms with Crippen molar-refractivity contribution in [1.82, 2.24) is 4.72 Å². The smallest absolute Gasteiger partial charge is 0.321 e. The van der Waals surface area contributed by atoms with Crippen LogP contribution >= 0.6 is 22.9 Å². The highest BCUT2D eigenvalue weighted by Gasteiger charge is 2.24. The Balaban J connectivity index is 2.91. The Labute approximate surface area is 102 Å². The molecule has 5 nitrogen and oxygen atoms in total. The minimum Gasteiger partial charge on any atom is -0.480 e. The molecule has 2 N–H and O–H groups in total. The largest absolute Gasteiger partial charge is 0.480 e. The summed E-state index contributed by atoms with van der Waals surface area (Å²) >= 11 is 6.49. The highest BCUT2D eigenvalue weighted by atomic mass is 35.5. The zero-order valence-corrected chi connectivity index (χ0v) is 10.7. The first-order chi connectivity index (χ1) is 7.36. The van der Waals surface area contributed by atoms with Crippen LogP contribution in [0.3, 0.4) is 0 Å². The zero-order valence-electron chi connectivity index (χ0n) is 8.31. The van der Waals surface area contributed by atoms with Crippen LogP contribution in [0, 0.1) is 0 Å². The molecule has 0 aliphatic heterocycles. The van der Waals surface area contributed by atoms with Crippen LogP contribution in [0.5, 0.6) is 0 Å². The van der Waals surface area contributed by atoms with Gasteiger partial charge in [0, 0.05) is 0 Å². The monoisotopic (exact) mass is 283 g/mol. The van der Waals surface area contributed by atoms with Gasteiger partial charge in [-0.25, -0.2) is 8.42 Å². The number of hydrogen-bond acceptors (Lipinski definition) is 4. The third-order valence-electron chi connectivity index (χ3n) is 1.82. The van der Waals surface area contributed by atoms with Crippen molar-refractivity contribution in [2.75, 3.05) is 0 Å². The third-order valence-corrected chi connectivity index (χ3v) is 5.01. The van der Waals surface area contributed by atoms with Crippen LogP contribution in [-0.2, 0) is 14.8 Å². The predicted octanol–water partition coefficient (Wildman–Crippen LogP) is 1.54. The molecule has 8 heteroatoms. The minimum absolute atomic E-state index is 0.0113. The van der Waals surface area contributed by atoms with Crippen molar-refractivity contribution < 1.29 is 18.3 Å². The van der Waals surface area contributed by atoms with E-state index in [2.05, 4.69) is 4.72 Å². The molecule has 0 aliphatic rings. The van der Waals surface area contributed by atoms with Crippen LogP contribution in [-0.4, -0.2) is 25.5 Å². The van der Waals surface area contributed by atoms with E-state index in [1.165, 1.54) is 12.1 Å². The van der Waals surface area contributed by atoms with Gasteiger partial charge >= 0.3 is 5.97 Å². The lowest BCUT2D eigenvalue weighted by Gasteiger charge is -2.11. The van der Waals surface area contributed by atoms with Gasteiger partial charge in [-0.2, -0.15) is 4.72 Å². The standard InChI is InChI=1S/C8H10ClNO4S2/c1-2-5(8(11)12)10-16(13,14)7-4-3-6(9)15-7/h3-5,10H,2H2,1H3,(H,11,12). The topological polar surface area (TPSA) is 83.5 Å². The van der Waals surface area contributed by atoms with Gasteiger partial charge in [0.1, 0.15) is 10.3 Å². The Morgan fingerprint density at radius 1 is 1.62 bits per heavy atom. The Hall–Kier alpha value is -0.630. The van der Waals surface area contributed by atoms with Gasteiger partial charge in [-0.05, 0) is 18.6 Å². The second-order valence-electron chi connectivity index (χ2n) is 2.98. The molecule has 0 amide bonds. The molecule has 1 heterocycles. The van der Waals surface area contributed by atoms with E-state index >= 15 is 0 Å².